The zero-order chi connectivity index (χ0) is 13.7. The van der Waals surface area contributed by atoms with E-state index in [1.165, 1.54) is 11.1 Å². The van der Waals surface area contributed by atoms with Gasteiger partial charge in [-0.2, -0.15) is 0 Å². The molecule has 0 N–H and O–H groups in total. The number of nitrogens with zero attached hydrogens (tertiary/aromatic N) is 1. The van der Waals surface area contributed by atoms with Gasteiger partial charge in [0.2, 0.25) is 0 Å². The molecule has 3 heteroatoms. The molecule has 0 unspecified atom stereocenters. The van der Waals surface area contributed by atoms with Crippen molar-refractivity contribution in [1.29, 1.82) is 0 Å². The summed E-state index contributed by atoms with van der Waals surface area (Å²) in [4.78, 5) is 2.34. The van der Waals surface area contributed by atoms with Crippen molar-refractivity contribution in [2.45, 2.75) is 33.2 Å². The number of methoxy groups -OCH3 is 2. The summed E-state index contributed by atoms with van der Waals surface area (Å²) in [7, 11) is 5.54. The van der Waals surface area contributed by atoms with Crippen LogP contribution in [0.15, 0.2) is 12.1 Å². The second kappa shape index (κ2) is 6.64. The largest absolute Gasteiger partial charge is 0.497 e. The summed E-state index contributed by atoms with van der Waals surface area (Å²) in [6.07, 6.45) is 0.994. The fourth-order valence-corrected chi connectivity index (χ4v) is 1.92. The fourth-order valence-electron chi connectivity index (χ4n) is 1.92. The molecule has 0 aromatic heterocycles. The average Bonchev–Trinajstić information content (AvgIpc) is 2.35. The van der Waals surface area contributed by atoms with Crippen LogP contribution in [0.1, 0.15) is 25.0 Å². The fraction of sp³-hybridized carbons (Fsp3) is 0.600. The molecule has 102 valence electrons. The number of likely N-dealkylation sites (N-methyl/N-ethyl adjacent to an activating group) is 1. The van der Waals surface area contributed by atoms with Gasteiger partial charge in [0.25, 0.3) is 0 Å². The number of aryl methyl sites for hydroxylation is 1. The first kappa shape index (κ1) is 14.8. The van der Waals surface area contributed by atoms with E-state index < -0.39 is 0 Å². The Bertz CT molecular complexity index is 388. The molecule has 0 fully saturated rings. The van der Waals surface area contributed by atoms with E-state index in [4.69, 9.17) is 9.47 Å². The summed E-state index contributed by atoms with van der Waals surface area (Å²) in [5.74, 6) is 1.77. The van der Waals surface area contributed by atoms with Crippen molar-refractivity contribution in [3.8, 4) is 11.5 Å². The van der Waals surface area contributed by atoms with Crippen LogP contribution >= 0.6 is 0 Å². The SMILES string of the molecule is COc1cc(C)c(CCN(C)C(C)C)c(OC)c1. The van der Waals surface area contributed by atoms with E-state index in [1.807, 2.05) is 6.07 Å². The molecule has 0 saturated heterocycles. The smallest absolute Gasteiger partial charge is 0.126 e. The van der Waals surface area contributed by atoms with Gasteiger partial charge in [-0.15, -0.1) is 0 Å². The lowest BCUT2D eigenvalue weighted by molar-refractivity contribution is 0.276. The van der Waals surface area contributed by atoms with Crippen LogP contribution in [0.5, 0.6) is 11.5 Å². The van der Waals surface area contributed by atoms with E-state index in [0.29, 0.717) is 6.04 Å². The molecule has 1 aromatic rings. The third-order valence-corrected chi connectivity index (χ3v) is 3.46. The second-order valence-corrected chi connectivity index (χ2v) is 4.95. The highest BCUT2D eigenvalue weighted by molar-refractivity contribution is 5.46. The van der Waals surface area contributed by atoms with E-state index in [9.17, 15) is 0 Å². The standard InChI is InChI=1S/C15H25NO2/c1-11(2)16(4)8-7-14-12(3)9-13(17-5)10-15(14)18-6/h9-11H,7-8H2,1-6H3. The molecule has 0 aliphatic rings. The predicted molar refractivity (Wildman–Crippen MR) is 75.8 cm³/mol. The van der Waals surface area contributed by atoms with Crippen LogP contribution < -0.4 is 9.47 Å². The highest BCUT2D eigenvalue weighted by Gasteiger charge is 2.11. The molecule has 0 aliphatic carbocycles. The third kappa shape index (κ3) is 3.64. The van der Waals surface area contributed by atoms with E-state index in [2.05, 4.69) is 38.8 Å². The van der Waals surface area contributed by atoms with Crippen LogP contribution in [-0.4, -0.2) is 38.8 Å². The quantitative estimate of drug-likeness (QED) is 0.776. The number of ether oxygens (including phenoxy) is 2. The lowest BCUT2D eigenvalue weighted by Gasteiger charge is -2.22. The molecule has 0 bridgehead atoms. The number of benzene rings is 1. The zero-order valence-corrected chi connectivity index (χ0v) is 12.4. The van der Waals surface area contributed by atoms with Crippen molar-refractivity contribution >= 4 is 0 Å². The van der Waals surface area contributed by atoms with Gasteiger partial charge in [-0.05, 0) is 51.4 Å². The van der Waals surface area contributed by atoms with E-state index in [1.54, 1.807) is 14.2 Å². The molecule has 1 aromatic carbocycles. The highest BCUT2D eigenvalue weighted by Crippen LogP contribution is 2.28. The lowest BCUT2D eigenvalue weighted by Crippen LogP contribution is -2.28. The Hall–Kier alpha value is -1.22. The summed E-state index contributed by atoms with van der Waals surface area (Å²) in [6, 6.07) is 4.58. The third-order valence-electron chi connectivity index (χ3n) is 3.46. The summed E-state index contributed by atoms with van der Waals surface area (Å²) in [5, 5.41) is 0. The van der Waals surface area contributed by atoms with E-state index >= 15 is 0 Å². The Morgan fingerprint density at radius 2 is 1.83 bits per heavy atom. The molecule has 0 amide bonds. The number of rotatable bonds is 6. The average molecular weight is 251 g/mol. The van der Waals surface area contributed by atoms with Gasteiger partial charge in [-0.25, -0.2) is 0 Å². The van der Waals surface area contributed by atoms with Crippen LogP contribution in [0.2, 0.25) is 0 Å². The minimum absolute atomic E-state index is 0.564. The first-order valence-electron chi connectivity index (χ1n) is 6.41. The number of hydrogen-bond donors (Lipinski definition) is 0. The van der Waals surface area contributed by atoms with Gasteiger partial charge in [0, 0.05) is 18.7 Å². The Labute approximate surface area is 111 Å². The molecule has 0 saturated carbocycles. The predicted octanol–water partition coefficient (Wildman–Crippen LogP) is 2.89. The van der Waals surface area contributed by atoms with Crippen molar-refractivity contribution in [2.24, 2.45) is 0 Å². The highest BCUT2D eigenvalue weighted by atomic mass is 16.5. The minimum atomic E-state index is 0.564. The normalized spacial score (nSPS) is 11.1. The summed E-state index contributed by atoms with van der Waals surface area (Å²) < 4.78 is 10.7. The van der Waals surface area contributed by atoms with Gasteiger partial charge in [0.05, 0.1) is 14.2 Å². The molecule has 3 nitrogen and oxygen atoms in total. The van der Waals surface area contributed by atoms with Crippen molar-refractivity contribution in [3.63, 3.8) is 0 Å². The van der Waals surface area contributed by atoms with Crippen LogP contribution in [0, 0.1) is 6.92 Å². The lowest BCUT2D eigenvalue weighted by atomic mass is 10.0. The zero-order valence-electron chi connectivity index (χ0n) is 12.4. The second-order valence-electron chi connectivity index (χ2n) is 4.95. The van der Waals surface area contributed by atoms with Gasteiger partial charge < -0.3 is 14.4 Å². The van der Waals surface area contributed by atoms with Crippen molar-refractivity contribution < 1.29 is 9.47 Å². The molecule has 18 heavy (non-hydrogen) atoms. The first-order valence-corrected chi connectivity index (χ1v) is 6.41. The maximum atomic E-state index is 5.46. The Balaban J connectivity index is 2.87. The van der Waals surface area contributed by atoms with Crippen molar-refractivity contribution in [1.82, 2.24) is 4.90 Å². The van der Waals surface area contributed by atoms with E-state index in [0.717, 1.165) is 24.5 Å². The summed E-state index contributed by atoms with van der Waals surface area (Å²) in [5.41, 5.74) is 2.49. The molecule has 0 aliphatic heterocycles. The molecular weight excluding hydrogens is 226 g/mol. The van der Waals surface area contributed by atoms with Crippen LogP contribution in [0.3, 0.4) is 0 Å². The van der Waals surface area contributed by atoms with Gasteiger partial charge >= 0.3 is 0 Å². The van der Waals surface area contributed by atoms with Crippen molar-refractivity contribution in [2.75, 3.05) is 27.8 Å². The maximum absolute atomic E-state index is 5.46. The number of hydrogen-bond acceptors (Lipinski definition) is 3. The van der Waals surface area contributed by atoms with Crippen LogP contribution in [0.25, 0.3) is 0 Å². The molecule has 0 spiro atoms. The Kier molecular flexibility index (Phi) is 5.48. The minimum Gasteiger partial charge on any atom is -0.497 e. The van der Waals surface area contributed by atoms with Crippen molar-refractivity contribution in [3.05, 3.63) is 23.3 Å². The topological polar surface area (TPSA) is 21.7 Å². The van der Waals surface area contributed by atoms with Gasteiger partial charge in [-0.1, -0.05) is 0 Å². The first-order chi connectivity index (χ1) is 8.49. The van der Waals surface area contributed by atoms with Crippen LogP contribution in [0.4, 0.5) is 0 Å². The van der Waals surface area contributed by atoms with Gasteiger partial charge in [0.15, 0.2) is 0 Å². The summed E-state index contributed by atoms with van der Waals surface area (Å²) in [6.45, 7) is 7.55. The molecule has 0 radical (unpaired) electrons. The van der Waals surface area contributed by atoms with Crippen LogP contribution in [-0.2, 0) is 6.42 Å². The Morgan fingerprint density at radius 3 is 2.33 bits per heavy atom. The molecular formula is C15H25NO2. The molecule has 1 rings (SSSR count). The maximum Gasteiger partial charge on any atom is 0.126 e. The molecule has 0 heterocycles. The Morgan fingerprint density at radius 1 is 1.17 bits per heavy atom. The van der Waals surface area contributed by atoms with E-state index in [-0.39, 0.29) is 0 Å². The monoisotopic (exact) mass is 251 g/mol. The molecule has 0 atom stereocenters. The summed E-state index contributed by atoms with van der Waals surface area (Å²) >= 11 is 0. The van der Waals surface area contributed by atoms with Gasteiger partial charge in [0.1, 0.15) is 11.5 Å². The van der Waals surface area contributed by atoms with Gasteiger partial charge in [-0.3, -0.25) is 0 Å².